The summed E-state index contributed by atoms with van der Waals surface area (Å²) in [7, 11) is 0. The van der Waals surface area contributed by atoms with Crippen LogP contribution < -0.4 is 5.32 Å². The van der Waals surface area contributed by atoms with Crippen LogP contribution in [0.3, 0.4) is 0 Å². The van der Waals surface area contributed by atoms with Gasteiger partial charge in [0.2, 0.25) is 0 Å². The van der Waals surface area contributed by atoms with Crippen molar-refractivity contribution in [2.45, 2.75) is 45.8 Å². The third-order valence-corrected chi connectivity index (χ3v) is 3.35. The molecule has 1 N–H and O–H groups in total. The van der Waals surface area contributed by atoms with Crippen LogP contribution in [-0.4, -0.2) is 34.8 Å². The fourth-order valence-corrected chi connectivity index (χ4v) is 2.19. The maximum atomic E-state index is 12.7. The van der Waals surface area contributed by atoms with Gasteiger partial charge < -0.3 is 10.2 Å². The molecule has 1 atom stereocenters. The lowest BCUT2D eigenvalue weighted by atomic mass is 10.0. The van der Waals surface area contributed by atoms with Crippen molar-refractivity contribution in [1.82, 2.24) is 10.2 Å². The molecule has 0 spiro atoms. The fraction of sp³-hybridized carbons (Fsp3) is 0.500. The van der Waals surface area contributed by atoms with Gasteiger partial charge in [0.1, 0.15) is 0 Å². The molecular weight excluding hydrogens is 250 g/mol. The summed E-state index contributed by atoms with van der Waals surface area (Å²) in [6.07, 6.45) is 0. The van der Waals surface area contributed by atoms with Crippen LogP contribution in [0.4, 0.5) is 0 Å². The molecule has 2 rings (SSSR count). The minimum Gasteiger partial charge on any atom is -0.361 e. The summed E-state index contributed by atoms with van der Waals surface area (Å²) in [5.74, 6) is 0.467. The second-order valence-corrected chi connectivity index (χ2v) is 6.28. The van der Waals surface area contributed by atoms with Crippen LogP contribution in [-0.2, 0) is 11.3 Å². The molecule has 0 saturated heterocycles. The summed E-state index contributed by atoms with van der Waals surface area (Å²) in [6, 6.07) is 10.3. The van der Waals surface area contributed by atoms with Gasteiger partial charge in [-0.25, -0.2) is 0 Å². The molecule has 0 aromatic heterocycles. The van der Waals surface area contributed by atoms with Crippen LogP contribution in [0.2, 0.25) is 0 Å². The third kappa shape index (κ3) is 3.38. The zero-order valence-corrected chi connectivity index (χ0v) is 12.7. The van der Waals surface area contributed by atoms with Crippen LogP contribution in [0.1, 0.15) is 33.3 Å². The van der Waals surface area contributed by atoms with E-state index in [-0.39, 0.29) is 17.5 Å². The molecule has 1 heterocycles. The second-order valence-electron chi connectivity index (χ2n) is 6.28. The van der Waals surface area contributed by atoms with Gasteiger partial charge in [0, 0.05) is 18.1 Å². The van der Waals surface area contributed by atoms with Crippen LogP contribution in [0, 0.1) is 0 Å². The minimum atomic E-state index is -0.247. The van der Waals surface area contributed by atoms with E-state index in [4.69, 9.17) is 0 Å². The number of carbonyl (C=O) groups excluding carboxylic acids is 1. The Balaban J connectivity index is 2.18. The molecule has 20 heavy (non-hydrogen) atoms. The standard InChI is InChI=1S/C16H23N3O/c1-12-10-17-14(18-12)15(20)19(16(2,3)4)11-13-8-6-5-7-9-13/h5-9,12H,10-11H2,1-4H3,(H,17,18). The zero-order valence-electron chi connectivity index (χ0n) is 12.7. The van der Waals surface area contributed by atoms with Crippen molar-refractivity contribution >= 4 is 11.7 Å². The molecule has 1 aromatic rings. The first-order chi connectivity index (χ1) is 9.38. The van der Waals surface area contributed by atoms with Gasteiger partial charge in [0.15, 0.2) is 5.84 Å². The first-order valence-electron chi connectivity index (χ1n) is 7.05. The average molecular weight is 273 g/mol. The van der Waals surface area contributed by atoms with E-state index < -0.39 is 0 Å². The topological polar surface area (TPSA) is 44.7 Å². The first-order valence-corrected chi connectivity index (χ1v) is 7.05. The highest BCUT2D eigenvalue weighted by Gasteiger charge is 2.31. The molecule has 0 radical (unpaired) electrons. The summed E-state index contributed by atoms with van der Waals surface area (Å²) in [5, 5.41) is 3.15. The van der Waals surface area contributed by atoms with Gasteiger partial charge in [-0.3, -0.25) is 9.79 Å². The van der Waals surface area contributed by atoms with Crippen molar-refractivity contribution in [2.75, 3.05) is 6.54 Å². The number of benzene rings is 1. The number of hydrogen-bond donors (Lipinski definition) is 1. The van der Waals surface area contributed by atoms with Gasteiger partial charge in [-0.2, -0.15) is 0 Å². The highest BCUT2D eigenvalue weighted by Crippen LogP contribution is 2.18. The largest absolute Gasteiger partial charge is 0.361 e. The predicted octanol–water partition coefficient (Wildman–Crippen LogP) is 2.20. The highest BCUT2D eigenvalue weighted by molar-refractivity contribution is 6.38. The number of amides is 1. The maximum absolute atomic E-state index is 12.7. The van der Waals surface area contributed by atoms with Crippen LogP contribution in [0.15, 0.2) is 35.3 Å². The molecule has 1 aromatic carbocycles. The van der Waals surface area contributed by atoms with Crippen molar-refractivity contribution in [3.63, 3.8) is 0 Å². The number of hydrogen-bond acceptors (Lipinski definition) is 3. The van der Waals surface area contributed by atoms with E-state index in [0.29, 0.717) is 18.9 Å². The number of carbonyl (C=O) groups is 1. The van der Waals surface area contributed by atoms with E-state index in [0.717, 1.165) is 5.56 Å². The van der Waals surface area contributed by atoms with Crippen molar-refractivity contribution in [2.24, 2.45) is 4.99 Å². The molecular formula is C16H23N3O. The Bertz CT molecular complexity index is 502. The third-order valence-electron chi connectivity index (χ3n) is 3.35. The van der Waals surface area contributed by atoms with E-state index in [1.165, 1.54) is 0 Å². The number of nitrogens with zero attached hydrogens (tertiary/aromatic N) is 2. The number of nitrogens with one attached hydrogen (secondary N) is 1. The molecule has 1 aliphatic heterocycles. The van der Waals surface area contributed by atoms with Gasteiger partial charge in [-0.05, 0) is 33.3 Å². The SMILES string of the molecule is CC1CN=C(C(=O)N(Cc2ccccc2)C(C)(C)C)N1. The molecule has 1 amide bonds. The quantitative estimate of drug-likeness (QED) is 0.917. The Morgan fingerprint density at radius 3 is 2.50 bits per heavy atom. The Labute approximate surface area is 120 Å². The van der Waals surface area contributed by atoms with Gasteiger partial charge in [0.25, 0.3) is 5.91 Å². The van der Waals surface area contributed by atoms with Crippen molar-refractivity contribution in [3.05, 3.63) is 35.9 Å². The van der Waals surface area contributed by atoms with E-state index in [9.17, 15) is 4.79 Å². The summed E-state index contributed by atoms with van der Waals surface area (Å²) >= 11 is 0. The van der Waals surface area contributed by atoms with Gasteiger partial charge >= 0.3 is 0 Å². The van der Waals surface area contributed by atoms with E-state index in [2.05, 4.69) is 10.3 Å². The van der Waals surface area contributed by atoms with Crippen LogP contribution in [0.25, 0.3) is 0 Å². The van der Waals surface area contributed by atoms with Crippen LogP contribution >= 0.6 is 0 Å². The molecule has 1 aliphatic rings. The maximum Gasteiger partial charge on any atom is 0.289 e. The summed E-state index contributed by atoms with van der Waals surface area (Å²) in [4.78, 5) is 18.8. The Morgan fingerprint density at radius 1 is 1.35 bits per heavy atom. The Kier molecular flexibility index (Phi) is 4.12. The Morgan fingerprint density at radius 2 is 2.00 bits per heavy atom. The smallest absolute Gasteiger partial charge is 0.289 e. The predicted molar refractivity (Wildman–Crippen MR) is 81.6 cm³/mol. The highest BCUT2D eigenvalue weighted by atomic mass is 16.2. The normalized spacial score (nSPS) is 18.4. The van der Waals surface area contributed by atoms with Gasteiger partial charge in [0.05, 0.1) is 6.54 Å². The minimum absolute atomic E-state index is 0.0225. The molecule has 1 unspecified atom stereocenters. The molecule has 0 aliphatic carbocycles. The molecule has 4 nitrogen and oxygen atoms in total. The summed E-state index contributed by atoms with van der Waals surface area (Å²) in [5.41, 5.74) is 0.880. The molecule has 0 saturated carbocycles. The van der Waals surface area contributed by atoms with E-state index >= 15 is 0 Å². The average Bonchev–Trinajstić information content (AvgIpc) is 2.82. The van der Waals surface area contributed by atoms with Gasteiger partial charge in [-0.15, -0.1) is 0 Å². The summed E-state index contributed by atoms with van der Waals surface area (Å²) < 4.78 is 0. The number of aliphatic imine (C=N–C) groups is 1. The summed E-state index contributed by atoms with van der Waals surface area (Å²) in [6.45, 7) is 9.44. The monoisotopic (exact) mass is 273 g/mol. The molecule has 4 heteroatoms. The van der Waals surface area contributed by atoms with E-state index in [1.54, 1.807) is 0 Å². The fourth-order valence-electron chi connectivity index (χ4n) is 2.19. The van der Waals surface area contributed by atoms with Crippen LogP contribution in [0.5, 0.6) is 0 Å². The lowest BCUT2D eigenvalue weighted by Crippen LogP contribution is -2.51. The lowest BCUT2D eigenvalue weighted by molar-refractivity contribution is -0.129. The number of amidine groups is 1. The van der Waals surface area contributed by atoms with Crippen molar-refractivity contribution in [3.8, 4) is 0 Å². The molecule has 108 valence electrons. The molecule has 0 fully saturated rings. The first kappa shape index (κ1) is 14.6. The van der Waals surface area contributed by atoms with Gasteiger partial charge in [-0.1, -0.05) is 30.3 Å². The number of rotatable bonds is 3. The lowest BCUT2D eigenvalue weighted by Gasteiger charge is -2.35. The Hall–Kier alpha value is -1.84. The van der Waals surface area contributed by atoms with Crippen molar-refractivity contribution in [1.29, 1.82) is 0 Å². The zero-order chi connectivity index (χ0) is 14.8. The van der Waals surface area contributed by atoms with Crippen molar-refractivity contribution < 1.29 is 4.79 Å². The second kappa shape index (κ2) is 5.65. The molecule has 0 bridgehead atoms. The van der Waals surface area contributed by atoms with E-state index in [1.807, 2.05) is 62.9 Å².